The molecule has 28 heavy (non-hydrogen) atoms. The Balaban J connectivity index is 1.45. The maximum atomic E-state index is 11.9. The molecule has 8 nitrogen and oxygen atoms in total. The highest BCUT2D eigenvalue weighted by atomic mass is 16.5. The summed E-state index contributed by atoms with van der Waals surface area (Å²) in [4.78, 5) is 39.7. The monoisotopic (exact) mass is 381 g/mol. The predicted octanol–water partition coefficient (Wildman–Crippen LogP) is 2.30. The van der Waals surface area contributed by atoms with E-state index in [0.29, 0.717) is 22.7 Å². The first-order chi connectivity index (χ1) is 13.5. The van der Waals surface area contributed by atoms with E-state index in [1.54, 1.807) is 24.3 Å². The van der Waals surface area contributed by atoms with E-state index in [2.05, 4.69) is 15.6 Å². The van der Waals surface area contributed by atoms with Crippen molar-refractivity contribution in [2.24, 2.45) is 0 Å². The molecule has 0 saturated carbocycles. The van der Waals surface area contributed by atoms with E-state index < -0.39 is 18.5 Å². The summed E-state index contributed by atoms with van der Waals surface area (Å²) in [7, 11) is 1.52. The molecule has 8 heteroatoms. The Bertz CT molecular complexity index is 979. The molecule has 2 amide bonds. The van der Waals surface area contributed by atoms with Crippen LogP contribution in [0.2, 0.25) is 0 Å². The summed E-state index contributed by atoms with van der Waals surface area (Å²) in [6.45, 7) is -0.420. The molecule has 0 atom stereocenters. The SMILES string of the molecule is CNC(=O)c1cccc(NC(=O)COC(=O)CCc2nc3ccccc3o2)c1. The highest BCUT2D eigenvalue weighted by molar-refractivity contribution is 5.97. The standard InChI is InChI=1S/C20H19N3O5/c1-21-20(26)13-5-4-6-14(11-13)22-17(24)12-27-19(25)10-9-18-23-15-7-2-3-8-16(15)28-18/h2-8,11H,9-10,12H2,1H3,(H,21,26)(H,22,24). The number of aryl methyl sites for hydroxylation is 1. The summed E-state index contributed by atoms with van der Waals surface area (Å²) in [6.07, 6.45) is 0.329. The number of carbonyl (C=O) groups excluding carboxylic acids is 3. The number of ether oxygens (including phenoxy) is 1. The lowest BCUT2D eigenvalue weighted by Gasteiger charge is -2.07. The summed E-state index contributed by atoms with van der Waals surface area (Å²) in [5.74, 6) is -0.851. The van der Waals surface area contributed by atoms with E-state index in [1.165, 1.54) is 13.1 Å². The quantitative estimate of drug-likeness (QED) is 0.608. The first-order valence-corrected chi connectivity index (χ1v) is 8.67. The number of anilines is 1. The van der Waals surface area contributed by atoms with Gasteiger partial charge in [0.1, 0.15) is 5.52 Å². The van der Waals surface area contributed by atoms with Crippen LogP contribution in [0.3, 0.4) is 0 Å². The van der Waals surface area contributed by atoms with Gasteiger partial charge in [-0.15, -0.1) is 0 Å². The molecule has 144 valence electrons. The number of amides is 2. The van der Waals surface area contributed by atoms with Crippen LogP contribution >= 0.6 is 0 Å². The highest BCUT2D eigenvalue weighted by Crippen LogP contribution is 2.16. The number of oxazole rings is 1. The van der Waals surface area contributed by atoms with Gasteiger partial charge in [-0.2, -0.15) is 0 Å². The topological polar surface area (TPSA) is 111 Å². The van der Waals surface area contributed by atoms with E-state index in [-0.39, 0.29) is 18.7 Å². The van der Waals surface area contributed by atoms with Gasteiger partial charge in [-0.05, 0) is 30.3 Å². The lowest BCUT2D eigenvalue weighted by atomic mass is 10.2. The molecule has 0 saturated heterocycles. The second kappa shape index (κ2) is 8.81. The van der Waals surface area contributed by atoms with Gasteiger partial charge < -0.3 is 19.8 Å². The molecule has 1 aromatic heterocycles. The summed E-state index contributed by atoms with van der Waals surface area (Å²) in [5, 5.41) is 5.09. The molecule has 0 aliphatic rings. The minimum atomic E-state index is -0.531. The van der Waals surface area contributed by atoms with Crippen LogP contribution in [0.25, 0.3) is 11.1 Å². The molecule has 0 bridgehead atoms. The van der Waals surface area contributed by atoms with Crippen molar-refractivity contribution in [3.05, 3.63) is 60.0 Å². The summed E-state index contributed by atoms with van der Waals surface area (Å²) in [6, 6.07) is 13.8. The van der Waals surface area contributed by atoms with E-state index in [1.807, 2.05) is 18.2 Å². The molecule has 2 aromatic carbocycles. The third-order valence-corrected chi connectivity index (χ3v) is 3.88. The fourth-order valence-corrected chi connectivity index (χ4v) is 2.53. The van der Waals surface area contributed by atoms with E-state index in [0.717, 1.165) is 5.52 Å². The zero-order valence-electron chi connectivity index (χ0n) is 15.2. The Kier molecular flexibility index (Phi) is 6.01. The number of fused-ring (bicyclic) bond motifs is 1. The molecule has 3 rings (SSSR count). The van der Waals surface area contributed by atoms with Crippen LogP contribution in [0, 0.1) is 0 Å². The van der Waals surface area contributed by atoms with Crippen molar-refractivity contribution in [1.29, 1.82) is 0 Å². The number of rotatable bonds is 7. The van der Waals surface area contributed by atoms with Gasteiger partial charge in [0.05, 0.1) is 6.42 Å². The first kappa shape index (κ1) is 19.1. The lowest BCUT2D eigenvalue weighted by Crippen LogP contribution is -2.22. The molecule has 2 N–H and O–H groups in total. The van der Waals surface area contributed by atoms with Crippen molar-refractivity contribution >= 4 is 34.6 Å². The van der Waals surface area contributed by atoms with Gasteiger partial charge in [-0.25, -0.2) is 4.98 Å². The van der Waals surface area contributed by atoms with Crippen LogP contribution in [0.15, 0.2) is 52.9 Å². The Morgan fingerprint density at radius 3 is 2.71 bits per heavy atom. The average molecular weight is 381 g/mol. The van der Waals surface area contributed by atoms with Crippen LogP contribution in [0.1, 0.15) is 22.7 Å². The zero-order valence-corrected chi connectivity index (χ0v) is 15.2. The molecule has 0 radical (unpaired) electrons. The van der Waals surface area contributed by atoms with Crippen LogP contribution < -0.4 is 10.6 Å². The number of nitrogens with zero attached hydrogens (tertiary/aromatic N) is 1. The van der Waals surface area contributed by atoms with Gasteiger partial charge in [-0.1, -0.05) is 18.2 Å². The molecule has 3 aromatic rings. The van der Waals surface area contributed by atoms with Crippen LogP contribution in [0.5, 0.6) is 0 Å². The maximum Gasteiger partial charge on any atom is 0.306 e. The van der Waals surface area contributed by atoms with Crippen LogP contribution in [0.4, 0.5) is 5.69 Å². The van der Waals surface area contributed by atoms with Crippen molar-refractivity contribution in [3.63, 3.8) is 0 Å². The van der Waals surface area contributed by atoms with Gasteiger partial charge in [0.2, 0.25) is 0 Å². The molecule has 0 unspecified atom stereocenters. The largest absolute Gasteiger partial charge is 0.456 e. The average Bonchev–Trinajstić information content (AvgIpc) is 3.13. The van der Waals surface area contributed by atoms with Crippen molar-refractivity contribution in [2.75, 3.05) is 19.0 Å². The van der Waals surface area contributed by atoms with Gasteiger partial charge >= 0.3 is 5.97 Å². The molecular weight excluding hydrogens is 362 g/mol. The second-order valence-electron chi connectivity index (χ2n) is 5.94. The molecule has 0 aliphatic heterocycles. The minimum absolute atomic E-state index is 0.0479. The molecular formula is C20H19N3O5. The Morgan fingerprint density at radius 2 is 1.93 bits per heavy atom. The molecule has 0 spiro atoms. The van der Waals surface area contributed by atoms with E-state index in [9.17, 15) is 14.4 Å². The normalized spacial score (nSPS) is 10.5. The van der Waals surface area contributed by atoms with Crippen molar-refractivity contribution in [2.45, 2.75) is 12.8 Å². The van der Waals surface area contributed by atoms with Gasteiger partial charge in [0, 0.05) is 24.7 Å². The smallest absolute Gasteiger partial charge is 0.306 e. The van der Waals surface area contributed by atoms with Crippen LogP contribution in [-0.2, 0) is 20.7 Å². The zero-order chi connectivity index (χ0) is 19.9. The molecule has 0 fully saturated rings. The minimum Gasteiger partial charge on any atom is -0.456 e. The third kappa shape index (κ3) is 4.94. The highest BCUT2D eigenvalue weighted by Gasteiger charge is 2.12. The fraction of sp³-hybridized carbons (Fsp3) is 0.200. The number of aromatic nitrogens is 1. The molecule has 1 heterocycles. The number of carbonyl (C=O) groups is 3. The van der Waals surface area contributed by atoms with Gasteiger partial charge in [-0.3, -0.25) is 14.4 Å². The lowest BCUT2D eigenvalue weighted by molar-refractivity contribution is -0.147. The Labute approximate surface area is 160 Å². The fourth-order valence-electron chi connectivity index (χ4n) is 2.53. The van der Waals surface area contributed by atoms with Crippen LogP contribution in [-0.4, -0.2) is 36.4 Å². The number of para-hydroxylation sites is 2. The summed E-state index contributed by atoms with van der Waals surface area (Å²) < 4.78 is 10.5. The molecule has 0 aliphatic carbocycles. The predicted molar refractivity (Wildman–Crippen MR) is 102 cm³/mol. The Hall–Kier alpha value is -3.68. The number of benzene rings is 2. The van der Waals surface area contributed by atoms with E-state index >= 15 is 0 Å². The van der Waals surface area contributed by atoms with Crippen molar-refractivity contribution < 1.29 is 23.5 Å². The first-order valence-electron chi connectivity index (χ1n) is 8.67. The summed E-state index contributed by atoms with van der Waals surface area (Å²) >= 11 is 0. The van der Waals surface area contributed by atoms with Crippen molar-refractivity contribution in [1.82, 2.24) is 10.3 Å². The number of hydrogen-bond donors (Lipinski definition) is 2. The third-order valence-electron chi connectivity index (χ3n) is 3.88. The second-order valence-corrected chi connectivity index (χ2v) is 5.94. The number of hydrogen-bond acceptors (Lipinski definition) is 6. The number of esters is 1. The summed E-state index contributed by atoms with van der Waals surface area (Å²) in [5.41, 5.74) is 2.23. The Morgan fingerprint density at radius 1 is 1.11 bits per heavy atom. The van der Waals surface area contributed by atoms with Crippen molar-refractivity contribution in [3.8, 4) is 0 Å². The number of nitrogens with one attached hydrogen (secondary N) is 2. The maximum absolute atomic E-state index is 11.9. The van der Waals surface area contributed by atoms with E-state index in [4.69, 9.17) is 9.15 Å². The van der Waals surface area contributed by atoms with Gasteiger partial charge in [0.25, 0.3) is 11.8 Å². The van der Waals surface area contributed by atoms with Gasteiger partial charge in [0.15, 0.2) is 18.1 Å².